The third kappa shape index (κ3) is 6.00. The first-order valence-corrected chi connectivity index (χ1v) is 15.6. The minimum Gasteiger partial charge on any atom is -0.454 e. The van der Waals surface area contributed by atoms with Crippen molar-refractivity contribution in [3.8, 4) is 0 Å². The molecule has 3 aliphatic heterocycles. The molecule has 5 aliphatic rings. The molecule has 0 aromatic carbocycles. The van der Waals surface area contributed by atoms with E-state index in [0.717, 1.165) is 69.7 Å². The number of fused-ring (bicyclic) bond motifs is 1. The highest BCUT2D eigenvalue weighted by Gasteiger charge is 2.64. The van der Waals surface area contributed by atoms with Crippen molar-refractivity contribution in [2.75, 3.05) is 33.0 Å². The van der Waals surface area contributed by atoms with Crippen molar-refractivity contribution in [3.63, 3.8) is 0 Å². The Balaban J connectivity index is 1.30. The van der Waals surface area contributed by atoms with Crippen LogP contribution < -0.4 is 0 Å². The fourth-order valence-electron chi connectivity index (χ4n) is 7.84. The zero-order valence-electron chi connectivity index (χ0n) is 24.4. The number of nitrogens with zero attached hydrogens (tertiary/aromatic N) is 3. The van der Waals surface area contributed by atoms with Crippen molar-refractivity contribution in [3.05, 3.63) is 23.7 Å². The standard InChI is InChI=1S/C32H51N3O3/c1-5-7-9-15-34(14-8-6-2)30(36)22-35-21-26(25-10-11-28-29(16-25)38-23-37-28)18-32(35)20-27(32)19-31(4)17-24(3)12-13-33-31/h11,13,16,24-27H,5-10,12,14-15,17-23H2,1-4H3/t24?,25?,26-,27?,31?,32?/m1/s1. The van der Waals surface area contributed by atoms with Gasteiger partial charge in [0.2, 0.25) is 12.7 Å². The number of ether oxygens (including phenoxy) is 2. The van der Waals surface area contributed by atoms with Gasteiger partial charge in [0.1, 0.15) is 0 Å². The van der Waals surface area contributed by atoms with Gasteiger partial charge >= 0.3 is 0 Å². The van der Waals surface area contributed by atoms with Crippen LogP contribution in [0.1, 0.15) is 98.3 Å². The summed E-state index contributed by atoms with van der Waals surface area (Å²) in [6, 6.07) is 0. The molecular formula is C32H51N3O3. The third-order valence-electron chi connectivity index (χ3n) is 10.00. The molecule has 2 aliphatic carbocycles. The molecule has 6 heteroatoms. The Hall–Kier alpha value is -1.82. The summed E-state index contributed by atoms with van der Waals surface area (Å²) in [5.41, 5.74) is 0.210. The molecule has 0 N–H and O–H groups in total. The molecule has 0 bridgehead atoms. The summed E-state index contributed by atoms with van der Waals surface area (Å²) in [5, 5.41) is 0. The highest BCUT2D eigenvalue weighted by molar-refractivity contribution is 5.78. The van der Waals surface area contributed by atoms with Crippen LogP contribution in [0.25, 0.3) is 0 Å². The molecule has 6 atom stereocenters. The number of amides is 1. The van der Waals surface area contributed by atoms with Crippen molar-refractivity contribution >= 4 is 12.1 Å². The van der Waals surface area contributed by atoms with E-state index in [0.29, 0.717) is 42.9 Å². The van der Waals surface area contributed by atoms with Gasteiger partial charge in [-0.15, -0.1) is 0 Å². The van der Waals surface area contributed by atoms with E-state index in [-0.39, 0.29) is 11.1 Å². The van der Waals surface area contributed by atoms with Crippen LogP contribution in [0.3, 0.4) is 0 Å². The van der Waals surface area contributed by atoms with Crippen LogP contribution in [0.5, 0.6) is 0 Å². The summed E-state index contributed by atoms with van der Waals surface area (Å²) in [4.78, 5) is 23.6. The molecule has 2 saturated heterocycles. The molecule has 0 aromatic heterocycles. The molecule has 1 spiro atoms. The SMILES string of the molecule is CCCCCN(CCCC)C(=O)CN1C[C@H](C2C=C3OCOC3=CC2)CC12CC2CC1(C)CC(C)CC=N1. The number of rotatable bonds is 12. The quantitative estimate of drug-likeness (QED) is 0.280. The van der Waals surface area contributed by atoms with Gasteiger partial charge in [0.25, 0.3) is 0 Å². The highest BCUT2D eigenvalue weighted by Crippen LogP contribution is 2.61. The van der Waals surface area contributed by atoms with Gasteiger partial charge < -0.3 is 14.4 Å². The summed E-state index contributed by atoms with van der Waals surface area (Å²) >= 11 is 0. The number of carbonyl (C=O) groups is 1. The Bertz CT molecular complexity index is 944. The summed E-state index contributed by atoms with van der Waals surface area (Å²) in [7, 11) is 0. The fourth-order valence-corrected chi connectivity index (χ4v) is 7.84. The second-order valence-electron chi connectivity index (χ2n) is 13.3. The Morgan fingerprint density at radius 3 is 2.66 bits per heavy atom. The number of hydrogen-bond donors (Lipinski definition) is 0. The van der Waals surface area contributed by atoms with E-state index in [1.165, 1.54) is 32.1 Å². The summed E-state index contributed by atoms with van der Waals surface area (Å²) in [6.07, 6.45) is 19.3. The number of allylic oxidation sites excluding steroid dienone is 2. The molecular weight excluding hydrogens is 474 g/mol. The molecule has 3 heterocycles. The monoisotopic (exact) mass is 525 g/mol. The van der Waals surface area contributed by atoms with Gasteiger partial charge in [0.15, 0.2) is 11.5 Å². The highest BCUT2D eigenvalue weighted by atomic mass is 16.7. The Morgan fingerprint density at radius 1 is 1.08 bits per heavy atom. The lowest BCUT2D eigenvalue weighted by Gasteiger charge is -2.34. The number of carbonyl (C=O) groups excluding carboxylic acids is 1. The lowest BCUT2D eigenvalue weighted by atomic mass is 9.80. The first-order valence-electron chi connectivity index (χ1n) is 15.6. The number of unbranched alkanes of at least 4 members (excludes halogenated alkanes) is 3. The van der Waals surface area contributed by atoms with E-state index < -0.39 is 0 Å². The Labute approximate surface area is 230 Å². The predicted molar refractivity (Wildman–Crippen MR) is 153 cm³/mol. The fraction of sp³-hybridized carbons (Fsp3) is 0.812. The van der Waals surface area contributed by atoms with Gasteiger partial charge in [-0.2, -0.15) is 0 Å². The topological polar surface area (TPSA) is 54.4 Å². The van der Waals surface area contributed by atoms with Crippen molar-refractivity contribution in [2.24, 2.45) is 28.7 Å². The van der Waals surface area contributed by atoms with E-state index in [1.54, 1.807) is 0 Å². The zero-order chi connectivity index (χ0) is 26.8. The maximum absolute atomic E-state index is 13.8. The molecule has 0 radical (unpaired) electrons. The summed E-state index contributed by atoms with van der Waals surface area (Å²) in [5.74, 6) is 4.53. The Kier molecular flexibility index (Phi) is 8.57. The molecule has 5 rings (SSSR count). The molecule has 38 heavy (non-hydrogen) atoms. The maximum atomic E-state index is 13.8. The largest absolute Gasteiger partial charge is 0.454 e. The lowest BCUT2D eigenvalue weighted by Crippen LogP contribution is -2.45. The number of hydrogen-bond acceptors (Lipinski definition) is 5. The van der Waals surface area contributed by atoms with E-state index in [1.807, 2.05) is 0 Å². The first kappa shape index (κ1) is 27.7. The lowest BCUT2D eigenvalue weighted by molar-refractivity contribution is -0.133. The van der Waals surface area contributed by atoms with Crippen LogP contribution in [-0.4, -0.2) is 66.0 Å². The molecule has 1 amide bonds. The average molecular weight is 526 g/mol. The van der Waals surface area contributed by atoms with Crippen molar-refractivity contribution < 1.29 is 14.3 Å². The molecule has 5 unspecified atom stereocenters. The van der Waals surface area contributed by atoms with Crippen LogP contribution in [0.15, 0.2) is 28.7 Å². The van der Waals surface area contributed by atoms with Gasteiger partial charge in [-0.05, 0) is 100 Å². The van der Waals surface area contributed by atoms with Crippen LogP contribution in [0.4, 0.5) is 0 Å². The van der Waals surface area contributed by atoms with E-state index in [9.17, 15) is 4.79 Å². The van der Waals surface area contributed by atoms with Gasteiger partial charge in [-0.1, -0.05) is 40.0 Å². The van der Waals surface area contributed by atoms with Crippen LogP contribution >= 0.6 is 0 Å². The normalized spacial score (nSPS) is 35.9. The number of likely N-dealkylation sites (tertiary alicyclic amines) is 1. The van der Waals surface area contributed by atoms with E-state index in [4.69, 9.17) is 14.5 Å². The smallest absolute Gasteiger partial charge is 0.236 e. The van der Waals surface area contributed by atoms with Crippen molar-refractivity contribution in [1.29, 1.82) is 0 Å². The van der Waals surface area contributed by atoms with Crippen molar-refractivity contribution in [1.82, 2.24) is 9.80 Å². The van der Waals surface area contributed by atoms with Crippen LogP contribution in [0.2, 0.25) is 0 Å². The number of aliphatic imine (C=N–C) groups is 1. The molecule has 6 nitrogen and oxygen atoms in total. The van der Waals surface area contributed by atoms with Crippen LogP contribution in [0, 0.1) is 23.7 Å². The molecule has 1 saturated carbocycles. The van der Waals surface area contributed by atoms with Gasteiger partial charge in [-0.3, -0.25) is 14.7 Å². The second kappa shape index (κ2) is 11.7. The third-order valence-corrected chi connectivity index (χ3v) is 10.00. The molecule has 212 valence electrons. The second-order valence-corrected chi connectivity index (χ2v) is 13.3. The molecule has 3 fully saturated rings. The minimum atomic E-state index is 0.0480. The Morgan fingerprint density at radius 2 is 1.87 bits per heavy atom. The van der Waals surface area contributed by atoms with E-state index >= 15 is 0 Å². The van der Waals surface area contributed by atoms with Gasteiger partial charge in [0, 0.05) is 25.2 Å². The van der Waals surface area contributed by atoms with E-state index in [2.05, 4.69) is 55.9 Å². The van der Waals surface area contributed by atoms with Gasteiger partial charge in [-0.25, -0.2) is 0 Å². The van der Waals surface area contributed by atoms with Crippen LogP contribution in [-0.2, 0) is 14.3 Å². The molecule has 0 aromatic rings. The summed E-state index contributed by atoms with van der Waals surface area (Å²) < 4.78 is 11.4. The predicted octanol–water partition coefficient (Wildman–Crippen LogP) is 6.33. The first-order chi connectivity index (χ1) is 18.4. The van der Waals surface area contributed by atoms with Gasteiger partial charge in [0.05, 0.1) is 12.1 Å². The maximum Gasteiger partial charge on any atom is 0.236 e. The zero-order valence-corrected chi connectivity index (χ0v) is 24.4. The average Bonchev–Trinajstić information content (AvgIpc) is 3.20. The summed E-state index contributed by atoms with van der Waals surface area (Å²) in [6.45, 7) is 12.9. The minimum absolute atomic E-state index is 0.0480. The van der Waals surface area contributed by atoms with Crippen molar-refractivity contribution in [2.45, 2.75) is 109 Å².